The first-order chi connectivity index (χ1) is 6.74. The second-order valence-electron chi connectivity index (χ2n) is 3.92. The van der Waals surface area contributed by atoms with Gasteiger partial charge in [0.25, 0.3) is 0 Å². The number of allylic oxidation sites excluding steroid dienone is 2. The summed E-state index contributed by atoms with van der Waals surface area (Å²) in [5, 5.41) is 0. The predicted molar refractivity (Wildman–Crippen MR) is 65.7 cm³/mol. The van der Waals surface area contributed by atoms with Crippen LogP contribution in [-0.4, -0.2) is 6.92 Å². The molecule has 0 spiro atoms. The van der Waals surface area contributed by atoms with E-state index >= 15 is 0 Å². The lowest BCUT2D eigenvalue weighted by atomic mass is 9.59. The average molecular weight is 196 g/mol. The fraction of sp³-hybridized carbons (Fsp3) is 0.833. The van der Waals surface area contributed by atoms with Gasteiger partial charge >= 0.3 is 6.92 Å². The normalized spacial score (nSPS) is 11.6. The van der Waals surface area contributed by atoms with E-state index in [1.165, 1.54) is 38.3 Å². The van der Waals surface area contributed by atoms with Gasteiger partial charge < -0.3 is 4.65 Å². The lowest BCUT2D eigenvalue weighted by Gasteiger charge is -2.15. The van der Waals surface area contributed by atoms with E-state index in [4.69, 9.17) is 4.65 Å². The summed E-state index contributed by atoms with van der Waals surface area (Å²) in [5.74, 6) is 1.07. The number of rotatable bonds is 8. The van der Waals surface area contributed by atoms with Crippen LogP contribution in [0.1, 0.15) is 53.4 Å². The monoisotopic (exact) mass is 196 g/mol. The van der Waals surface area contributed by atoms with Crippen molar-refractivity contribution in [3.63, 3.8) is 0 Å². The highest BCUT2D eigenvalue weighted by Gasteiger charge is 2.15. The summed E-state index contributed by atoms with van der Waals surface area (Å²) in [7, 11) is 0. The molecule has 0 fully saturated rings. The summed E-state index contributed by atoms with van der Waals surface area (Å²) in [6.45, 7) is 9.00. The van der Waals surface area contributed by atoms with Crippen molar-refractivity contribution in [2.24, 2.45) is 0 Å². The van der Waals surface area contributed by atoms with E-state index in [-0.39, 0.29) is 0 Å². The summed E-state index contributed by atoms with van der Waals surface area (Å²) in [6, 6.07) is 0. The van der Waals surface area contributed by atoms with E-state index in [1.54, 1.807) is 0 Å². The average Bonchev–Trinajstić information content (AvgIpc) is 2.21. The van der Waals surface area contributed by atoms with Crippen LogP contribution >= 0.6 is 0 Å². The zero-order valence-electron chi connectivity index (χ0n) is 10.3. The van der Waals surface area contributed by atoms with Crippen LogP contribution in [-0.2, 0) is 4.65 Å². The molecule has 0 aliphatic rings. The van der Waals surface area contributed by atoms with Gasteiger partial charge in [0.1, 0.15) is 0 Å². The molecule has 0 N–H and O–H groups in total. The maximum absolute atomic E-state index is 5.86. The van der Waals surface area contributed by atoms with Crippen molar-refractivity contribution in [1.29, 1.82) is 0 Å². The molecule has 0 aromatic carbocycles. The highest BCUT2D eigenvalue weighted by molar-refractivity contribution is 6.52. The Morgan fingerprint density at radius 2 is 1.64 bits per heavy atom. The SMILES string of the molecule is C/C=C(/C)OB(CCCC)CCCC. The van der Waals surface area contributed by atoms with Gasteiger partial charge in [0.2, 0.25) is 0 Å². The van der Waals surface area contributed by atoms with Crippen LogP contribution in [0.4, 0.5) is 0 Å². The maximum atomic E-state index is 5.86. The topological polar surface area (TPSA) is 9.23 Å². The molecule has 0 unspecified atom stereocenters. The Labute approximate surface area is 90.0 Å². The predicted octanol–water partition coefficient (Wildman–Crippen LogP) is 4.52. The Kier molecular flexibility index (Phi) is 8.91. The van der Waals surface area contributed by atoms with Gasteiger partial charge in [0, 0.05) is 0 Å². The van der Waals surface area contributed by atoms with Crippen LogP contribution in [0, 0.1) is 0 Å². The zero-order chi connectivity index (χ0) is 10.8. The first-order valence-electron chi connectivity index (χ1n) is 6.04. The fourth-order valence-electron chi connectivity index (χ4n) is 1.46. The minimum absolute atomic E-state index is 0.450. The minimum Gasteiger partial charge on any atom is -0.564 e. The number of unbranched alkanes of at least 4 members (excludes halogenated alkanes) is 2. The molecule has 0 radical (unpaired) electrons. The molecule has 82 valence electrons. The molecule has 0 rings (SSSR count). The molecule has 0 saturated heterocycles. The summed E-state index contributed by atoms with van der Waals surface area (Å²) in [4.78, 5) is 0. The first kappa shape index (κ1) is 13.6. The molecule has 0 aliphatic heterocycles. The van der Waals surface area contributed by atoms with Gasteiger partial charge in [0.15, 0.2) is 0 Å². The van der Waals surface area contributed by atoms with E-state index in [0.29, 0.717) is 6.92 Å². The van der Waals surface area contributed by atoms with Crippen LogP contribution in [0.5, 0.6) is 0 Å². The Morgan fingerprint density at radius 1 is 1.14 bits per heavy atom. The van der Waals surface area contributed by atoms with Gasteiger partial charge in [-0.15, -0.1) is 0 Å². The number of hydrogen-bond donors (Lipinski definition) is 0. The van der Waals surface area contributed by atoms with E-state index in [9.17, 15) is 0 Å². The Bertz CT molecular complexity index is 146. The largest absolute Gasteiger partial charge is 0.564 e. The Hall–Kier alpha value is -0.395. The molecule has 0 heterocycles. The van der Waals surface area contributed by atoms with Crippen LogP contribution in [0.25, 0.3) is 0 Å². The third-order valence-corrected chi connectivity index (χ3v) is 2.52. The molecule has 0 aromatic rings. The lowest BCUT2D eigenvalue weighted by Crippen LogP contribution is -2.16. The molecule has 0 aromatic heterocycles. The first-order valence-corrected chi connectivity index (χ1v) is 6.04. The second-order valence-corrected chi connectivity index (χ2v) is 3.92. The summed E-state index contributed by atoms with van der Waals surface area (Å²) in [5.41, 5.74) is 0. The second kappa shape index (κ2) is 9.17. The molecule has 0 aliphatic carbocycles. The van der Waals surface area contributed by atoms with Crippen molar-refractivity contribution in [2.45, 2.75) is 66.0 Å². The van der Waals surface area contributed by atoms with Gasteiger partial charge in [-0.25, -0.2) is 0 Å². The van der Waals surface area contributed by atoms with E-state index in [2.05, 4.69) is 13.8 Å². The molecular weight excluding hydrogens is 171 g/mol. The molecule has 1 nitrogen and oxygen atoms in total. The van der Waals surface area contributed by atoms with Gasteiger partial charge in [-0.2, -0.15) is 0 Å². The van der Waals surface area contributed by atoms with Gasteiger partial charge in [0.05, 0.1) is 5.76 Å². The van der Waals surface area contributed by atoms with Gasteiger partial charge in [-0.05, 0) is 26.5 Å². The summed E-state index contributed by atoms with van der Waals surface area (Å²) < 4.78 is 5.86. The highest BCUT2D eigenvalue weighted by Crippen LogP contribution is 2.14. The minimum atomic E-state index is 0.450. The maximum Gasteiger partial charge on any atom is 0.357 e. The van der Waals surface area contributed by atoms with Crippen molar-refractivity contribution in [2.75, 3.05) is 0 Å². The molecule has 0 bridgehead atoms. The van der Waals surface area contributed by atoms with Crippen LogP contribution in [0.3, 0.4) is 0 Å². The van der Waals surface area contributed by atoms with Crippen LogP contribution < -0.4 is 0 Å². The third kappa shape index (κ3) is 7.05. The molecule has 14 heavy (non-hydrogen) atoms. The Morgan fingerprint density at radius 3 is 2.00 bits per heavy atom. The Balaban J connectivity index is 3.83. The van der Waals surface area contributed by atoms with E-state index in [0.717, 1.165) is 5.76 Å². The lowest BCUT2D eigenvalue weighted by molar-refractivity contribution is 0.426. The molecule has 0 atom stereocenters. The molecule has 2 heteroatoms. The molecular formula is C12H25BO. The van der Waals surface area contributed by atoms with Crippen molar-refractivity contribution in [3.05, 3.63) is 11.8 Å². The van der Waals surface area contributed by atoms with Crippen molar-refractivity contribution in [3.8, 4) is 0 Å². The zero-order valence-corrected chi connectivity index (χ0v) is 10.3. The van der Waals surface area contributed by atoms with E-state index < -0.39 is 0 Å². The molecule has 0 amide bonds. The fourth-order valence-corrected chi connectivity index (χ4v) is 1.46. The number of hydrogen-bond acceptors (Lipinski definition) is 1. The van der Waals surface area contributed by atoms with Gasteiger partial charge in [-0.1, -0.05) is 45.6 Å². The highest BCUT2D eigenvalue weighted by atomic mass is 16.4. The standard InChI is InChI=1S/C12H25BO/c1-5-8-10-13(11-9-6-2)14-12(4)7-3/h7H,5-6,8-11H2,1-4H3/b12-7-. The smallest absolute Gasteiger partial charge is 0.357 e. The van der Waals surface area contributed by atoms with Crippen molar-refractivity contribution in [1.82, 2.24) is 0 Å². The van der Waals surface area contributed by atoms with Crippen molar-refractivity contribution < 1.29 is 4.65 Å². The van der Waals surface area contributed by atoms with Gasteiger partial charge in [-0.3, -0.25) is 0 Å². The summed E-state index contributed by atoms with van der Waals surface area (Å²) in [6.07, 6.45) is 9.56. The van der Waals surface area contributed by atoms with E-state index in [1.807, 2.05) is 19.9 Å². The van der Waals surface area contributed by atoms with Crippen LogP contribution in [0.2, 0.25) is 12.6 Å². The molecule has 0 saturated carbocycles. The summed E-state index contributed by atoms with van der Waals surface area (Å²) >= 11 is 0. The quantitative estimate of drug-likeness (QED) is 0.409. The van der Waals surface area contributed by atoms with Crippen molar-refractivity contribution >= 4 is 6.92 Å². The van der Waals surface area contributed by atoms with Crippen LogP contribution in [0.15, 0.2) is 11.8 Å². The third-order valence-electron chi connectivity index (χ3n) is 2.52.